The van der Waals surface area contributed by atoms with Crippen LogP contribution in [0.5, 0.6) is 5.75 Å². The fourth-order valence-electron chi connectivity index (χ4n) is 2.74. The molecule has 0 heterocycles. The summed E-state index contributed by atoms with van der Waals surface area (Å²) in [5.41, 5.74) is 4.08. The van der Waals surface area contributed by atoms with Crippen molar-refractivity contribution in [1.29, 1.82) is 0 Å². The molecule has 1 N–H and O–H groups in total. The van der Waals surface area contributed by atoms with Crippen LogP contribution in [0.3, 0.4) is 0 Å². The minimum Gasteiger partial charge on any atom is -0.497 e. The third-order valence-corrected chi connectivity index (χ3v) is 4.09. The maximum atomic E-state index is 6.04. The monoisotopic (exact) mass is 287 g/mol. The molecule has 0 spiro atoms. The topological polar surface area (TPSA) is 21.3 Å². The van der Waals surface area contributed by atoms with Gasteiger partial charge in [0.25, 0.3) is 0 Å². The summed E-state index contributed by atoms with van der Waals surface area (Å²) in [4.78, 5) is 0. The quantitative estimate of drug-likeness (QED) is 0.928. The molecule has 0 aliphatic heterocycles. The lowest BCUT2D eigenvalue weighted by Gasteiger charge is -2.12. The predicted octanol–water partition coefficient (Wildman–Crippen LogP) is 3.61. The number of methoxy groups -OCH3 is 1. The molecular weight excluding hydrogens is 270 g/mol. The Hall–Kier alpha value is -1.51. The van der Waals surface area contributed by atoms with E-state index < -0.39 is 0 Å². The van der Waals surface area contributed by atoms with Crippen LogP contribution in [-0.4, -0.2) is 13.2 Å². The number of ether oxygens (including phenoxy) is 1. The Morgan fingerprint density at radius 1 is 1.10 bits per heavy atom. The first kappa shape index (κ1) is 13.5. The van der Waals surface area contributed by atoms with E-state index in [1.54, 1.807) is 7.11 Å². The van der Waals surface area contributed by atoms with Crippen molar-refractivity contribution in [3.63, 3.8) is 0 Å². The fraction of sp³-hybridized carbons (Fsp3) is 0.294. The first-order valence-corrected chi connectivity index (χ1v) is 7.26. The lowest BCUT2D eigenvalue weighted by Crippen LogP contribution is -2.28. The SMILES string of the molecule is COc1ccc(CNC2Cc3ccc(Cl)cc3C2)cc1. The Morgan fingerprint density at radius 2 is 1.85 bits per heavy atom. The van der Waals surface area contributed by atoms with E-state index in [2.05, 4.69) is 29.6 Å². The maximum absolute atomic E-state index is 6.04. The van der Waals surface area contributed by atoms with Gasteiger partial charge < -0.3 is 10.1 Å². The molecule has 0 saturated heterocycles. The van der Waals surface area contributed by atoms with E-state index in [0.29, 0.717) is 6.04 Å². The van der Waals surface area contributed by atoms with Crippen LogP contribution in [0.15, 0.2) is 42.5 Å². The van der Waals surface area contributed by atoms with E-state index >= 15 is 0 Å². The van der Waals surface area contributed by atoms with Crippen LogP contribution in [0.1, 0.15) is 16.7 Å². The normalized spacial score (nSPS) is 17.0. The van der Waals surface area contributed by atoms with Gasteiger partial charge in [-0.3, -0.25) is 0 Å². The molecule has 0 aromatic heterocycles. The second-order valence-electron chi connectivity index (χ2n) is 5.25. The Bertz CT molecular complexity index is 594. The van der Waals surface area contributed by atoms with Gasteiger partial charge in [0.1, 0.15) is 5.75 Å². The Kier molecular flexibility index (Phi) is 3.95. The summed E-state index contributed by atoms with van der Waals surface area (Å²) < 4.78 is 5.17. The van der Waals surface area contributed by atoms with Gasteiger partial charge in [0.2, 0.25) is 0 Å². The van der Waals surface area contributed by atoms with E-state index in [1.807, 2.05) is 18.2 Å². The van der Waals surface area contributed by atoms with Crippen LogP contribution in [0.25, 0.3) is 0 Å². The standard InChI is InChI=1S/C17H18ClNO/c1-20-17-6-2-12(3-7-17)11-19-16-9-13-4-5-15(18)8-14(13)10-16/h2-8,16,19H,9-11H2,1H3. The lowest BCUT2D eigenvalue weighted by atomic mass is 10.1. The zero-order valence-corrected chi connectivity index (χ0v) is 12.3. The first-order chi connectivity index (χ1) is 9.74. The molecule has 3 heteroatoms. The molecule has 0 bridgehead atoms. The summed E-state index contributed by atoms with van der Waals surface area (Å²) in [6.07, 6.45) is 2.15. The third kappa shape index (κ3) is 2.97. The molecule has 1 unspecified atom stereocenters. The van der Waals surface area contributed by atoms with Gasteiger partial charge in [-0.1, -0.05) is 29.8 Å². The largest absolute Gasteiger partial charge is 0.497 e. The summed E-state index contributed by atoms with van der Waals surface area (Å²) in [6.45, 7) is 0.885. The van der Waals surface area contributed by atoms with Crippen molar-refractivity contribution < 1.29 is 4.74 Å². The van der Waals surface area contributed by atoms with Gasteiger partial charge in [-0.2, -0.15) is 0 Å². The first-order valence-electron chi connectivity index (χ1n) is 6.88. The molecule has 104 valence electrons. The molecule has 2 nitrogen and oxygen atoms in total. The number of hydrogen-bond acceptors (Lipinski definition) is 2. The van der Waals surface area contributed by atoms with E-state index in [0.717, 1.165) is 30.2 Å². The molecule has 1 atom stereocenters. The summed E-state index contributed by atoms with van der Waals surface area (Å²) in [5, 5.41) is 4.45. The van der Waals surface area contributed by atoms with Gasteiger partial charge in [0, 0.05) is 17.6 Å². The zero-order chi connectivity index (χ0) is 13.9. The summed E-state index contributed by atoms with van der Waals surface area (Å²) >= 11 is 6.04. The van der Waals surface area contributed by atoms with Crippen molar-refractivity contribution in [3.8, 4) is 5.75 Å². The molecule has 1 aliphatic carbocycles. The minimum absolute atomic E-state index is 0.505. The highest BCUT2D eigenvalue weighted by molar-refractivity contribution is 6.30. The Balaban J connectivity index is 1.58. The third-order valence-electron chi connectivity index (χ3n) is 3.85. The van der Waals surface area contributed by atoms with Crippen LogP contribution >= 0.6 is 11.6 Å². The van der Waals surface area contributed by atoms with Gasteiger partial charge in [0.05, 0.1) is 7.11 Å². The van der Waals surface area contributed by atoms with Crippen LogP contribution in [-0.2, 0) is 19.4 Å². The van der Waals surface area contributed by atoms with Crippen LogP contribution in [0.4, 0.5) is 0 Å². The molecular formula is C17H18ClNO. The van der Waals surface area contributed by atoms with Crippen molar-refractivity contribution in [3.05, 3.63) is 64.2 Å². The zero-order valence-electron chi connectivity index (χ0n) is 11.5. The van der Waals surface area contributed by atoms with E-state index in [9.17, 15) is 0 Å². The van der Waals surface area contributed by atoms with Gasteiger partial charge in [-0.25, -0.2) is 0 Å². The summed E-state index contributed by atoms with van der Waals surface area (Å²) in [5.74, 6) is 0.900. The van der Waals surface area contributed by atoms with Crippen molar-refractivity contribution in [2.24, 2.45) is 0 Å². The van der Waals surface area contributed by atoms with E-state index in [1.165, 1.54) is 16.7 Å². The van der Waals surface area contributed by atoms with Gasteiger partial charge in [-0.05, 0) is 53.8 Å². The highest BCUT2D eigenvalue weighted by Crippen LogP contribution is 2.25. The van der Waals surface area contributed by atoms with Gasteiger partial charge in [0.15, 0.2) is 0 Å². The highest BCUT2D eigenvalue weighted by atomic mass is 35.5. The molecule has 2 aromatic rings. The van der Waals surface area contributed by atoms with Crippen LogP contribution in [0.2, 0.25) is 5.02 Å². The summed E-state index contributed by atoms with van der Waals surface area (Å²) in [7, 11) is 1.69. The van der Waals surface area contributed by atoms with Crippen LogP contribution in [0, 0.1) is 0 Å². The van der Waals surface area contributed by atoms with Gasteiger partial charge in [-0.15, -0.1) is 0 Å². The maximum Gasteiger partial charge on any atom is 0.118 e. The molecule has 2 aromatic carbocycles. The molecule has 3 rings (SSSR count). The van der Waals surface area contributed by atoms with Crippen molar-refractivity contribution in [2.75, 3.05) is 7.11 Å². The van der Waals surface area contributed by atoms with Crippen LogP contribution < -0.4 is 10.1 Å². The Labute approximate surface area is 124 Å². The predicted molar refractivity (Wildman–Crippen MR) is 82.5 cm³/mol. The van der Waals surface area contributed by atoms with Crippen molar-refractivity contribution in [1.82, 2.24) is 5.32 Å². The van der Waals surface area contributed by atoms with Crippen molar-refractivity contribution >= 4 is 11.6 Å². The van der Waals surface area contributed by atoms with Crippen molar-refractivity contribution in [2.45, 2.75) is 25.4 Å². The minimum atomic E-state index is 0.505. The molecule has 0 amide bonds. The summed E-state index contributed by atoms with van der Waals surface area (Å²) in [6, 6.07) is 14.9. The smallest absolute Gasteiger partial charge is 0.118 e. The highest BCUT2D eigenvalue weighted by Gasteiger charge is 2.20. The lowest BCUT2D eigenvalue weighted by molar-refractivity contribution is 0.414. The average molecular weight is 288 g/mol. The second-order valence-corrected chi connectivity index (χ2v) is 5.68. The second kappa shape index (κ2) is 5.86. The van der Waals surface area contributed by atoms with E-state index in [4.69, 9.17) is 16.3 Å². The molecule has 0 saturated carbocycles. The number of halogens is 1. The number of hydrogen-bond donors (Lipinski definition) is 1. The molecule has 1 aliphatic rings. The molecule has 0 fully saturated rings. The number of nitrogens with one attached hydrogen (secondary N) is 1. The molecule has 20 heavy (non-hydrogen) atoms. The fourth-order valence-corrected chi connectivity index (χ4v) is 2.93. The Morgan fingerprint density at radius 3 is 2.60 bits per heavy atom. The average Bonchev–Trinajstić information content (AvgIpc) is 2.87. The number of rotatable bonds is 4. The molecule has 0 radical (unpaired) electrons. The number of fused-ring (bicyclic) bond motifs is 1. The number of benzene rings is 2. The van der Waals surface area contributed by atoms with E-state index in [-0.39, 0.29) is 0 Å². The van der Waals surface area contributed by atoms with Gasteiger partial charge >= 0.3 is 0 Å².